The van der Waals surface area contributed by atoms with E-state index in [0.29, 0.717) is 5.56 Å². The Morgan fingerprint density at radius 3 is 2.53 bits per heavy atom. The van der Waals surface area contributed by atoms with Gasteiger partial charge in [0.25, 0.3) is 0 Å². The van der Waals surface area contributed by atoms with Crippen molar-refractivity contribution in [3.63, 3.8) is 0 Å². The lowest BCUT2D eigenvalue weighted by Gasteiger charge is -2.02. The molecule has 2 aromatic rings. The van der Waals surface area contributed by atoms with Gasteiger partial charge in [-0.25, -0.2) is 18.7 Å². The highest BCUT2D eigenvalue weighted by Gasteiger charge is 2.11. The van der Waals surface area contributed by atoms with Gasteiger partial charge >= 0.3 is 0 Å². The Morgan fingerprint density at radius 2 is 1.88 bits per heavy atom. The normalized spacial score (nSPS) is 9.94. The van der Waals surface area contributed by atoms with Crippen LogP contribution in [0.1, 0.15) is 5.56 Å². The highest BCUT2D eigenvalue weighted by molar-refractivity contribution is 5.55. The van der Waals surface area contributed by atoms with Gasteiger partial charge < -0.3 is 0 Å². The van der Waals surface area contributed by atoms with Crippen LogP contribution in [-0.4, -0.2) is 9.97 Å². The summed E-state index contributed by atoms with van der Waals surface area (Å²) in [6.45, 7) is 0. The molecule has 1 aromatic carbocycles. The van der Waals surface area contributed by atoms with Gasteiger partial charge in [-0.1, -0.05) is 6.07 Å². The average Bonchev–Trinajstić information content (AvgIpc) is 2.34. The second-order valence-corrected chi connectivity index (χ2v) is 3.35. The molecule has 1 aromatic heterocycles. The highest BCUT2D eigenvalue weighted by atomic mass is 19.2. The molecular weight excluding hydrogens is 224 g/mol. The first-order valence-electron chi connectivity index (χ1n) is 4.84. The first-order valence-corrected chi connectivity index (χ1v) is 4.84. The van der Waals surface area contributed by atoms with Crippen LogP contribution in [-0.2, 0) is 6.42 Å². The Labute approximate surface area is 96.4 Å². The summed E-state index contributed by atoms with van der Waals surface area (Å²) in [5.41, 5.74) is 0.640. The number of benzene rings is 1. The van der Waals surface area contributed by atoms with E-state index in [9.17, 15) is 8.78 Å². The van der Waals surface area contributed by atoms with Crippen molar-refractivity contribution >= 4 is 0 Å². The minimum atomic E-state index is -0.972. The Kier molecular flexibility index (Phi) is 3.06. The van der Waals surface area contributed by atoms with Crippen molar-refractivity contribution in [2.24, 2.45) is 0 Å². The zero-order valence-corrected chi connectivity index (χ0v) is 8.69. The molecule has 17 heavy (non-hydrogen) atoms. The van der Waals surface area contributed by atoms with Crippen LogP contribution in [0.3, 0.4) is 0 Å². The number of nitriles is 1. The molecule has 0 bridgehead atoms. The van der Waals surface area contributed by atoms with Gasteiger partial charge in [0.2, 0.25) is 0 Å². The number of halogens is 2. The monoisotopic (exact) mass is 231 g/mol. The van der Waals surface area contributed by atoms with Crippen LogP contribution >= 0.6 is 0 Å². The third-order valence-electron chi connectivity index (χ3n) is 2.18. The van der Waals surface area contributed by atoms with Crippen LogP contribution in [0.2, 0.25) is 0 Å². The zero-order valence-electron chi connectivity index (χ0n) is 8.69. The fourth-order valence-electron chi connectivity index (χ4n) is 1.35. The Balaban J connectivity index is 2.41. The number of nitrogens with zero attached hydrogens (tertiary/aromatic N) is 3. The third-order valence-corrected chi connectivity index (χ3v) is 2.18. The molecule has 0 saturated carbocycles. The molecule has 0 fully saturated rings. The predicted molar refractivity (Wildman–Crippen MR) is 56.7 cm³/mol. The second-order valence-electron chi connectivity index (χ2n) is 3.35. The van der Waals surface area contributed by atoms with Gasteiger partial charge in [-0.05, 0) is 12.1 Å². The number of rotatable bonds is 2. The minimum Gasteiger partial charge on any atom is -0.236 e. The molecule has 84 valence electrons. The van der Waals surface area contributed by atoms with Crippen LogP contribution in [0.25, 0.3) is 11.4 Å². The van der Waals surface area contributed by atoms with E-state index in [2.05, 4.69) is 9.97 Å². The predicted octanol–water partition coefficient (Wildman–Crippen LogP) is 2.49. The van der Waals surface area contributed by atoms with Crippen LogP contribution in [0.15, 0.2) is 30.6 Å². The molecule has 1 heterocycles. The largest absolute Gasteiger partial charge is 0.236 e. The maximum Gasteiger partial charge on any atom is 0.169 e. The van der Waals surface area contributed by atoms with Crippen molar-refractivity contribution < 1.29 is 8.78 Å². The molecule has 0 N–H and O–H groups in total. The summed E-state index contributed by atoms with van der Waals surface area (Å²) in [6, 6.07) is 5.77. The van der Waals surface area contributed by atoms with Gasteiger partial charge in [-0.3, -0.25) is 0 Å². The Hall–Kier alpha value is -2.35. The minimum absolute atomic E-state index is 0.00788. The molecule has 2 rings (SSSR count). The van der Waals surface area contributed by atoms with Crippen molar-refractivity contribution in [2.75, 3.05) is 0 Å². The summed E-state index contributed by atoms with van der Waals surface area (Å²) < 4.78 is 26.4. The smallest absolute Gasteiger partial charge is 0.169 e. The van der Waals surface area contributed by atoms with E-state index < -0.39 is 11.6 Å². The van der Waals surface area contributed by atoms with Crippen LogP contribution in [0.5, 0.6) is 0 Å². The van der Waals surface area contributed by atoms with E-state index in [-0.39, 0.29) is 17.8 Å². The fraction of sp³-hybridized carbons (Fsp3) is 0.0833. The lowest BCUT2D eigenvalue weighted by atomic mass is 10.2. The van der Waals surface area contributed by atoms with Crippen molar-refractivity contribution in [1.29, 1.82) is 5.26 Å². The molecule has 0 atom stereocenters. The van der Waals surface area contributed by atoms with Crippen LogP contribution in [0.4, 0.5) is 8.78 Å². The topological polar surface area (TPSA) is 49.6 Å². The van der Waals surface area contributed by atoms with E-state index in [0.717, 1.165) is 6.07 Å². The summed E-state index contributed by atoms with van der Waals surface area (Å²) in [4.78, 5) is 7.80. The maximum atomic E-state index is 13.4. The number of hydrogen-bond donors (Lipinski definition) is 0. The molecular formula is C12H7F2N3. The van der Waals surface area contributed by atoms with Gasteiger partial charge in [0.1, 0.15) is 0 Å². The van der Waals surface area contributed by atoms with Gasteiger partial charge in [-0.2, -0.15) is 5.26 Å². The third kappa shape index (κ3) is 2.26. The van der Waals surface area contributed by atoms with E-state index in [1.807, 2.05) is 6.07 Å². The molecule has 0 aliphatic rings. The summed E-state index contributed by atoms with van der Waals surface area (Å²) in [6.07, 6.45) is 3.04. The van der Waals surface area contributed by atoms with Crippen molar-refractivity contribution in [2.45, 2.75) is 6.42 Å². The van der Waals surface area contributed by atoms with Gasteiger partial charge in [-0.15, -0.1) is 0 Å². The molecule has 0 amide bonds. The zero-order chi connectivity index (χ0) is 12.3. The second kappa shape index (κ2) is 4.66. The van der Waals surface area contributed by atoms with E-state index >= 15 is 0 Å². The summed E-state index contributed by atoms with van der Waals surface area (Å²) in [7, 11) is 0. The lowest BCUT2D eigenvalue weighted by molar-refractivity contribution is 0.510. The lowest BCUT2D eigenvalue weighted by Crippen LogP contribution is -1.95. The SMILES string of the molecule is N#CCc1cnc(-c2cccc(F)c2F)nc1. The van der Waals surface area contributed by atoms with Crippen molar-refractivity contribution in [1.82, 2.24) is 9.97 Å². The van der Waals surface area contributed by atoms with Gasteiger partial charge in [0.15, 0.2) is 17.5 Å². The van der Waals surface area contributed by atoms with E-state index in [1.54, 1.807) is 0 Å². The Morgan fingerprint density at radius 1 is 1.18 bits per heavy atom. The summed E-state index contributed by atoms with van der Waals surface area (Å²) >= 11 is 0. The quantitative estimate of drug-likeness (QED) is 0.797. The standard InChI is InChI=1S/C12H7F2N3/c13-10-3-1-2-9(11(10)14)12-16-6-8(4-5-15)7-17-12/h1-3,6-7H,4H2. The van der Waals surface area contributed by atoms with Crippen molar-refractivity contribution in [3.05, 3.63) is 47.8 Å². The highest BCUT2D eigenvalue weighted by Crippen LogP contribution is 2.20. The first kappa shape index (κ1) is 11.1. The maximum absolute atomic E-state index is 13.4. The first-order chi connectivity index (χ1) is 8.22. The average molecular weight is 231 g/mol. The van der Waals surface area contributed by atoms with Gasteiger partial charge in [0, 0.05) is 18.0 Å². The molecule has 0 saturated heterocycles. The summed E-state index contributed by atoms with van der Waals surface area (Å²) in [5.74, 6) is -1.81. The molecule has 0 aliphatic heterocycles. The van der Waals surface area contributed by atoms with E-state index in [4.69, 9.17) is 5.26 Å². The van der Waals surface area contributed by atoms with Gasteiger partial charge in [0.05, 0.1) is 18.1 Å². The fourth-order valence-corrected chi connectivity index (χ4v) is 1.35. The molecule has 3 nitrogen and oxygen atoms in total. The van der Waals surface area contributed by atoms with E-state index in [1.165, 1.54) is 24.5 Å². The molecule has 0 spiro atoms. The van der Waals surface area contributed by atoms with Crippen molar-refractivity contribution in [3.8, 4) is 17.5 Å². The van der Waals surface area contributed by atoms with Crippen LogP contribution in [0, 0.1) is 23.0 Å². The summed E-state index contributed by atoms with van der Waals surface area (Å²) in [5, 5.41) is 8.47. The molecule has 0 unspecified atom stereocenters. The number of hydrogen-bond acceptors (Lipinski definition) is 3. The molecule has 0 radical (unpaired) electrons. The Bertz CT molecular complexity index is 573. The molecule has 5 heteroatoms. The molecule has 0 aliphatic carbocycles. The number of aromatic nitrogens is 2. The van der Waals surface area contributed by atoms with Crippen LogP contribution < -0.4 is 0 Å².